The second-order valence-electron chi connectivity index (χ2n) is 9.13. The van der Waals surface area contributed by atoms with E-state index in [9.17, 15) is 19.2 Å². The van der Waals surface area contributed by atoms with E-state index in [1.807, 2.05) is 30.3 Å². The molecule has 2 atom stereocenters. The van der Waals surface area contributed by atoms with Gasteiger partial charge in [-0.1, -0.05) is 36.4 Å². The first-order valence-electron chi connectivity index (χ1n) is 11.0. The molecule has 1 saturated heterocycles. The van der Waals surface area contributed by atoms with Gasteiger partial charge in [-0.3, -0.25) is 4.79 Å². The maximum Gasteiger partial charge on any atom is 0.335 e. The molecule has 3 N–H and O–H groups in total. The lowest BCUT2D eigenvalue weighted by atomic mass is 9.96. The van der Waals surface area contributed by atoms with Gasteiger partial charge in [-0.2, -0.15) is 0 Å². The average molecular weight is 468 g/mol. The number of urea groups is 1. The van der Waals surface area contributed by atoms with Crippen LogP contribution in [0.15, 0.2) is 54.6 Å². The molecule has 0 aromatic heterocycles. The SMILES string of the molecule is CC(C)(C)OC(=O)[C@@H]1C[C@@H](c2ccccc2)CN1C(=O)CNC(=O)Nc1cccc(C(=O)O)c1. The Labute approximate surface area is 198 Å². The minimum atomic E-state index is -1.12. The van der Waals surface area contributed by atoms with Crippen LogP contribution in [0.5, 0.6) is 0 Å². The molecule has 0 saturated carbocycles. The lowest BCUT2D eigenvalue weighted by molar-refractivity contribution is -0.163. The van der Waals surface area contributed by atoms with E-state index in [2.05, 4.69) is 10.6 Å². The van der Waals surface area contributed by atoms with Crippen LogP contribution >= 0.6 is 0 Å². The van der Waals surface area contributed by atoms with Crippen LogP contribution in [0.2, 0.25) is 0 Å². The van der Waals surface area contributed by atoms with Gasteiger partial charge in [0.25, 0.3) is 0 Å². The Morgan fingerprint density at radius 2 is 1.76 bits per heavy atom. The van der Waals surface area contributed by atoms with E-state index in [-0.39, 0.29) is 23.7 Å². The smallest absolute Gasteiger partial charge is 0.335 e. The molecule has 0 bridgehead atoms. The third kappa shape index (κ3) is 6.57. The number of amides is 3. The van der Waals surface area contributed by atoms with E-state index in [4.69, 9.17) is 9.84 Å². The number of benzene rings is 2. The zero-order valence-electron chi connectivity index (χ0n) is 19.4. The number of aromatic carboxylic acids is 1. The Morgan fingerprint density at radius 3 is 2.41 bits per heavy atom. The van der Waals surface area contributed by atoms with Crippen LogP contribution in [0.1, 0.15) is 49.0 Å². The summed E-state index contributed by atoms with van der Waals surface area (Å²) in [4.78, 5) is 50.7. The largest absolute Gasteiger partial charge is 0.478 e. The second kappa shape index (κ2) is 10.4. The predicted molar refractivity (Wildman–Crippen MR) is 126 cm³/mol. The summed E-state index contributed by atoms with van der Waals surface area (Å²) in [5.74, 6) is -2.04. The van der Waals surface area contributed by atoms with Gasteiger partial charge in [0.2, 0.25) is 5.91 Å². The zero-order chi connectivity index (χ0) is 24.9. The van der Waals surface area contributed by atoms with Crippen molar-refractivity contribution in [1.82, 2.24) is 10.2 Å². The molecule has 9 heteroatoms. The number of carboxylic acid groups (broad SMARTS) is 1. The Balaban J connectivity index is 1.66. The van der Waals surface area contributed by atoms with Crippen molar-refractivity contribution in [2.24, 2.45) is 0 Å². The molecule has 180 valence electrons. The van der Waals surface area contributed by atoms with Crippen molar-refractivity contribution in [1.29, 1.82) is 0 Å². The molecular weight excluding hydrogens is 438 g/mol. The number of nitrogens with zero attached hydrogens (tertiary/aromatic N) is 1. The first kappa shape index (κ1) is 24.8. The molecule has 34 heavy (non-hydrogen) atoms. The van der Waals surface area contributed by atoms with Crippen LogP contribution in [0, 0.1) is 0 Å². The minimum absolute atomic E-state index is 0.0260. The summed E-state index contributed by atoms with van der Waals surface area (Å²) in [6.07, 6.45) is 0.429. The summed E-state index contributed by atoms with van der Waals surface area (Å²) in [7, 11) is 0. The lowest BCUT2D eigenvalue weighted by Gasteiger charge is -2.27. The number of anilines is 1. The number of carboxylic acids is 1. The van der Waals surface area contributed by atoms with E-state index >= 15 is 0 Å². The van der Waals surface area contributed by atoms with Crippen LogP contribution < -0.4 is 10.6 Å². The Hall–Kier alpha value is -3.88. The van der Waals surface area contributed by atoms with Gasteiger partial charge in [0.15, 0.2) is 0 Å². The highest BCUT2D eigenvalue weighted by Crippen LogP contribution is 2.33. The molecule has 1 heterocycles. The molecular formula is C25H29N3O6. The fourth-order valence-corrected chi connectivity index (χ4v) is 3.83. The predicted octanol–water partition coefficient (Wildman–Crippen LogP) is 3.23. The van der Waals surface area contributed by atoms with Gasteiger partial charge in [-0.25, -0.2) is 14.4 Å². The third-order valence-corrected chi connectivity index (χ3v) is 5.34. The fourth-order valence-electron chi connectivity index (χ4n) is 3.83. The van der Waals surface area contributed by atoms with Gasteiger partial charge < -0.3 is 25.4 Å². The zero-order valence-corrected chi connectivity index (χ0v) is 19.4. The number of carbonyl (C=O) groups excluding carboxylic acids is 3. The summed E-state index contributed by atoms with van der Waals surface area (Å²) >= 11 is 0. The van der Waals surface area contributed by atoms with Gasteiger partial charge >= 0.3 is 18.0 Å². The highest BCUT2D eigenvalue weighted by molar-refractivity contribution is 5.95. The number of likely N-dealkylation sites (tertiary alicyclic amines) is 1. The van der Waals surface area contributed by atoms with Crippen molar-refractivity contribution in [2.75, 3.05) is 18.4 Å². The Kier molecular flexibility index (Phi) is 7.55. The van der Waals surface area contributed by atoms with Gasteiger partial charge in [0, 0.05) is 18.2 Å². The van der Waals surface area contributed by atoms with Crippen LogP contribution in [0.4, 0.5) is 10.5 Å². The van der Waals surface area contributed by atoms with Gasteiger partial charge in [0.1, 0.15) is 11.6 Å². The van der Waals surface area contributed by atoms with Crippen molar-refractivity contribution >= 4 is 29.6 Å². The molecule has 1 aliphatic rings. The van der Waals surface area contributed by atoms with Crippen molar-refractivity contribution < 1.29 is 29.0 Å². The van der Waals surface area contributed by atoms with E-state index in [0.29, 0.717) is 13.0 Å². The summed E-state index contributed by atoms with van der Waals surface area (Å²) in [5.41, 5.74) is 0.634. The summed E-state index contributed by atoms with van der Waals surface area (Å²) < 4.78 is 5.54. The van der Waals surface area contributed by atoms with Crippen molar-refractivity contribution in [3.63, 3.8) is 0 Å². The van der Waals surface area contributed by atoms with Gasteiger partial charge in [-0.15, -0.1) is 0 Å². The number of esters is 1. The van der Waals surface area contributed by atoms with Crippen LogP contribution in [-0.4, -0.2) is 58.6 Å². The molecule has 0 aliphatic carbocycles. The van der Waals surface area contributed by atoms with Crippen molar-refractivity contribution in [3.8, 4) is 0 Å². The lowest BCUT2D eigenvalue weighted by Crippen LogP contribution is -2.47. The standard InChI is InChI=1S/C25H29N3O6/c1-25(2,3)34-23(32)20-13-18(16-8-5-4-6-9-16)15-28(20)21(29)14-26-24(33)27-19-11-7-10-17(12-19)22(30)31/h4-12,18,20H,13-15H2,1-3H3,(H,30,31)(H2,26,27,33)/t18-,20+/m1/s1. The number of carbonyl (C=O) groups is 4. The Morgan fingerprint density at radius 1 is 1.06 bits per heavy atom. The number of rotatable bonds is 6. The molecule has 3 amide bonds. The van der Waals surface area contributed by atoms with E-state index in [1.165, 1.54) is 29.2 Å². The molecule has 9 nitrogen and oxygen atoms in total. The molecule has 2 aromatic carbocycles. The van der Waals surface area contributed by atoms with Gasteiger partial charge in [-0.05, 0) is 51.0 Å². The number of nitrogens with one attached hydrogen (secondary N) is 2. The van der Waals surface area contributed by atoms with Crippen LogP contribution in [0.3, 0.4) is 0 Å². The Bertz CT molecular complexity index is 1060. The first-order chi connectivity index (χ1) is 16.0. The molecule has 1 fully saturated rings. The fraction of sp³-hybridized carbons (Fsp3) is 0.360. The molecule has 0 radical (unpaired) electrons. The number of ether oxygens (including phenoxy) is 1. The monoisotopic (exact) mass is 467 g/mol. The van der Waals surface area contributed by atoms with E-state index in [0.717, 1.165) is 5.56 Å². The maximum atomic E-state index is 13.0. The van der Waals surface area contributed by atoms with E-state index < -0.39 is 35.5 Å². The van der Waals surface area contributed by atoms with Crippen molar-refractivity contribution in [2.45, 2.75) is 44.8 Å². The molecule has 0 unspecified atom stereocenters. The molecule has 1 aliphatic heterocycles. The summed E-state index contributed by atoms with van der Waals surface area (Å²) in [5, 5.41) is 14.1. The normalized spacial score (nSPS) is 17.7. The summed E-state index contributed by atoms with van der Waals surface area (Å²) in [6.45, 7) is 5.31. The van der Waals surface area contributed by atoms with E-state index in [1.54, 1.807) is 20.8 Å². The van der Waals surface area contributed by atoms with Crippen molar-refractivity contribution in [3.05, 3.63) is 65.7 Å². The second-order valence-corrected chi connectivity index (χ2v) is 9.13. The van der Waals surface area contributed by atoms with Crippen LogP contribution in [0.25, 0.3) is 0 Å². The molecule has 2 aromatic rings. The van der Waals surface area contributed by atoms with Crippen LogP contribution in [-0.2, 0) is 14.3 Å². The molecule has 0 spiro atoms. The highest BCUT2D eigenvalue weighted by atomic mass is 16.6. The van der Waals surface area contributed by atoms with Gasteiger partial charge in [0.05, 0.1) is 12.1 Å². The third-order valence-electron chi connectivity index (χ3n) is 5.34. The number of hydrogen-bond acceptors (Lipinski definition) is 5. The molecule has 3 rings (SSSR count). The number of hydrogen-bond donors (Lipinski definition) is 3. The summed E-state index contributed by atoms with van der Waals surface area (Å²) in [6, 6.07) is 14.0. The maximum absolute atomic E-state index is 13.0. The quantitative estimate of drug-likeness (QED) is 0.560. The topological polar surface area (TPSA) is 125 Å². The average Bonchev–Trinajstić information content (AvgIpc) is 3.23. The first-order valence-corrected chi connectivity index (χ1v) is 11.0. The minimum Gasteiger partial charge on any atom is -0.478 e. The highest BCUT2D eigenvalue weighted by Gasteiger charge is 2.42.